The molecular formula is C19H22N2O4. The summed E-state index contributed by atoms with van der Waals surface area (Å²) in [7, 11) is 0. The highest BCUT2D eigenvalue weighted by Gasteiger charge is 2.31. The second-order valence-corrected chi connectivity index (χ2v) is 6.07. The largest absolute Gasteiger partial charge is 0.479 e. The molecule has 1 aromatic heterocycles. The first-order valence-corrected chi connectivity index (χ1v) is 8.57. The van der Waals surface area contributed by atoms with Gasteiger partial charge in [-0.2, -0.15) is 0 Å². The highest BCUT2D eigenvalue weighted by Crippen LogP contribution is 2.36. The van der Waals surface area contributed by atoms with Crippen LogP contribution >= 0.6 is 0 Å². The maximum Gasteiger partial charge on any atom is 0.291 e. The van der Waals surface area contributed by atoms with Gasteiger partial charge in [0.05, 0.1) is 12.0 Å². The molecule has 6 nitrogen and oxygen atoms in total. The summed E-state index contributed by atoms with van der Waals surface area (Å²) in [6.07, 6.45) is 4.02. The quantitative estimate of drug-likeness (QED) is 0.810. The molecule has 0 fully saturated rings. The van der Waals surface area contributed by atoms with Crippen molar-refractivity contribution in [3.63, 3.8) is 0 Å². The van der Waals surface area contributed by atoms with Crippen molar-refractivity contribution in [2.45, 2.75) is 39.2 Å². The summed E-state index contributed by atoms with van der Waals surface area (Å²) in [5.74, 6) is 0.495. The number of hydrogen-bond donors (Lipinski definition) is 1. The van der Waals surface area contributed by atoms with Gasteiger partial charge in [0.1, 0.15) is 5.75 Å². The summed E-state index contributed by atoms with van der Waals surface area (Å²) in [5.41, 5.74) is 1.28. The van der Waals surface area contributed by atoms with E-state index in [0.717, 1.165) is 19.3 Å². The van der Waals surface area contributed by atoms with E-state index in [1.54, 1.807) is 42.2 Å². The maximum atomic E-state index is 12.5. The van der Waals surface area contributed by atoms with E-state index in [1.165, 1.54) is 6.26 Å². The van der Waals surface area contributed by atoms with E-state index in [2.05, 4.69) is 12.2 Å². The molecule has 0 saturated heterocycles. The molecule has 1 aromatic carbocycles. The molecule has 0 spiro atoms. The minimum Gasteiger partial charge on any atom is -0.479 e. The Labute approximate surface area is 146 Å². The Morgan fingerprint density at radius 3 is 2.84 bits per heavy atom. The number of fused-ring (bicyclic) bond motifs is 1. The zero-order chi connectivity index (χ0) is 17.8. The summed E-state index contributed by atoms with van der Waals surface area (Å²) >= 11 is 0. The number of anilines is 2. The molecule has 6 heteroatoms. The van der Waals surface area contributed by atoms with Gasteiger partial charge in [-0.05, 0) is 43.7 Å². The van der Waals surface area contributed by atoms with E-state index in [0.29, 0.717) is 23.7 Å². The lowest BCUT2D eigenvalue weighted by molar-refractivity contribution is -0.125. The molecule has 25 heavy (non-hydrogen) atoms. The average Bonchev–Trinajstić information content (AvgIpc) is 3.13. The summed E-state index contributed by atoms with van der Waals surface area (Å²) in [6.45, 7) is 4.52. The van der Waals surface area contributed by atoms with E-state index < -0.39 is 6.10 Å². The molecule has 0 saturated carbocycles. The molecule has 1 unspecified atom stereocenters. The number of carbonyl (C=O) groups excluding carboxylic acids is 2. The smallest absolute Gasteiger partial charge is 0.291 e. The first-order valence-electron chi connectivity index (χ1n) is 8.57. The van der Waals surface area contributed by atoms with E-state index in [1.807, 2.05) is 0 Å². The summed E-state index contributed by atoms with van der Waals surface area (Å²) in [5, 5.41) is 2.78. The minimum atomic E-state index is -0.502. The van der Waals surface area contributed by atoms with Crippen molar-refractivity contribution in [2.24, 2.45) is 0 Å². The Balaban J connectivity index is 1.83. The van der Waals surface area contributed by atoms with Gasteiger partial charge in [-0.25, -0.2) is 0 Å². The third-order valence-corrected chi connectivity index (χ3v) is 4.16. The Morgan fingerprint density at radius 2 is 2.12 bits per heavy atom. The van der Waals surface area contributed by atoms with E-state index >= 15 is 0 Å². The van der Waals surface area contributed by atoms with Gasteiger partial charge >= 0.3 is 0 Å². The van der Waals surface area contributed by atoms with Crippen molar-refractivity contribution >= 4 is 23.2 Å². The number of carbonyl (C=O) groups is 2. The van der Waals surface area contributed by atoms with Crippen molar-refractivity contribution in [1.29, 1.82) is 0 Å². The number of unbranched alkanes of at least 4 members (excludes halogenated alkanes) is 2. The molecule has 3 rings (SSSR count). The third-order valence-electron chi connectivity index (χ3n) is 4.16. The number of hydrogen-bond acceptors (Lipinski definition) is 4. The van der Waals surface area contributed by atoms with E-state index in [-0.39, 0.29) is 17.6 Å². The fraction of sp³-hybridized carbons (Fsp3) is 0.368. The molecule has 1 aliphatic rings. The number of furan rings is 1. The lowest BCUT2D eigenvalue weighted by atomic mass is 10.1. The lowest BCUT2D eigenvalue weighted by Gasteiger charge is -2.33. The SMILES string of the molecule is CCCCCN1C(=O)C(C)Oc2ccc(NC(=O)c3ccco3)cc21. The van der Waals surface area contributed by atoms with Gasteiger partial charge in [-0.15, -0.1) is 0 Å². The molecule has 2 aromatic rings. The van der Waals surface area contributed by atoms with Crippen molar-refractivity contribution in [3.05, 3.63) is 42.4 Å². The van der Waals surface area contributed by atoms with Gasteiger partial charge in [0.25, 0.3) is 11.8 Å². The highest BCUT2D eigenvalue weighted by atomic mass is 16.5. The van der Waals surface area contributed by atoms with Crippen LogP contribution in [-0.2, 0) is 4.79 Å². The van der Waals surface area contributed by atoms with Gasteiger partial charge in [-0.3, -0.25) is 9.59 Å². The average molecular weight is 342 g/mol. The maximum absolute atomic E-state index is 12.5. The standard InChI is InChI=1S/C19H22N2O4/c1-3-4-5-10-21-15-12-14(20-18(22)17-7-6-11-24-17)8-9-16(15)25-13(2)19(21)23/h6-9,11-13H,3-5,10H2,1-2H3,(H,20,22). The van der Waals surface area contributed by atoms with Crippen LogP contribution in [0.4, 0.5) is 11.4 Å². The van der Waals surface area contributed by atoms with Crippen LogP contribution in [0.2, 0.25) is 0 Å². The van der Waals surface area contributed by atoms with Crippen molar-refractivity contribution in [3.8, 4) is 5.75 Å². The van der Waals surface area contributed by atoms with Crippen LogP contribution in [0.15, 0.2) is 41.0 Å². The Morgan fingerprint density at radius 1 is 1.28 bits per heavy atom. The number of rotatable bonds is 6. The summed E-state index contributed by atoms with van der Waals surface area (Å²) < 4.78 is 10.8. The topological polar surface area (TPSA) is 71.8 Å². The fourth-order valence-electron chi connectivity index (χ4n) is 2.84. The van der Waals surface area contributed by atoms with Gasteiger partial charge in [0.15, 0.2) is 11.9 Å². The third kappa shape index (κ3) is 3.68. The zero-order valence-electron chi connectivity index (χ0n) is 14.5. The predicted molar refractivity (Wildman–Crippen MR) is 95.1 cm³/mol. The Bertz CT molecular complexity index is 755. The molecule has 0 aliphatic carbocycles. The minimum absolute atomic E-state index is 0.0573. The summed E-state index contributed by atoms with van der Waals surface area (Å²) in [6, 6.07) is 8.56. The molecule has 2 amide bonds. The van der Waals surface area contributed by atoms with Crippen LogP contribution in [0.25, 0.3) is 0 Å². The molecule has 1 N–H and O–H groups in total. The van der Waals surface area contributed by atoms with Crippen LogP contribution in [0.1, 0.15) is 43.7 Å². The number of nitrogens with one attached hydrogen (secondary N) is 1. The zero-order valence-corrected chi connectivity index (χ0v) is 14.5. The van der Waals surface area contributed by atoms with E-state index in [9.17, 15) is 9.59 Å². The van der Waals surface area contributed by atoms with Crippen LogP contribution in [0.5, 0.6) is 5.75 Å². The van der Waals surface area contributed by atoms with Crippen molar-refractivity contribution < 1.29 is 18.7 Å². The lowest BCUT2D eigenvalue weighted by Crippen LogP contribution is -2.44. The molecule has 1 aliphatic heterocycles. The van der Waals surface area contributed by atoms with Crippen LogP contribution in [0, 0.1) is 0 Å². The van der Waals surface area contributed by atoms with Gasteiger partial charge in [0, 0.05) is 12.2 Å². The van der Waals surface area contributed by atoms with Crippen LogP contribution in [-0.4, -0.2) is 24.5 Å². The Hall–Kier alpha value is -2.76. The monoisotopic (exact) mass is 342 g/mol. The van der Waals surface area contributed by atoms with E-state index in [4.69, 9.17) is 9.15 Å². The molecule has 132 valence electrons. The van der Waals surface area contributed by atoms with Gasteiger partial charge < -0.3 is 19.4 Å². The summed E-state index contributed by atoms with van der Waals surface area (Å²) in [4.78, 5) is 26.4. The molecule has 0 bridgehead atoms. The molecule has 0 radical (unpaired) electrons. The van der Waals surface area contributed by atoms with Crippen LogP contribution in [0.3, 0.4) is 0 Å². The fourth-order valence-corrected chi connectivity index (χ4v) is 2.84. The number of ether oxygens (including phenoxy) is 1. The molecule has 2 heterocycles. The number of amides is 2. The molecule has 1 atom stereocenters. The second kappa shape index (κ2) is 7.42. The van der Waals surface area contributed by atoms with Crippen molar-refractivity contribution in [1.82, 2.24) is 0 Å². The van der Waals surface area contributed by atoms with Gasteiger partial charge in [0.2, 0.25) is 0 Å². The number of benzene rings is 1. The van der Waals surface area contributed by atoms with Gasteiger partial charge in [-0.1, -0.05) is 19.8 Å². The van der Waals surface area contributed by atoms with Crippen LogP contribution < -0.4 is 15.0 Å². The van der Waals surface area contributed by atoms with Crippen molar-refractivity contribution in [2.75, 3.05) is 16.8 Å². The number of nitrogens with zero attached hydrogens (tertiary/aromatic N) is 1. The molecular weight excluding hydrogens is 320 g/mol. The normalized spacial score (nSPS) is 16.3. The Kier molecular flexibility index (Phi) is 5.07. The highest BCUT2D eigenvalue weighted by molar-refractivity contribution is 6.04. The second-order valence-electron chi connectivity index (χ2n) is 6.07. The predicted octanol–water partition coefficient (Wildman–Crippen LogP) is 3.84. The first kappa shape index (κ1) is 17.1. The first-order chi connectivity index (χ1) is 12.1.